The van der Waals surface area contributed by atoms with Crippen molar-refractivity contribution in [2.45, 2.75) is 11.8 Å². The highest BCUT2D eigenvalue weighted by molar-refractivity contribution is 9.10. The first-order chi connectivity index (χ1) is 9.29. The third-order valence-electron chi connectivity index (χ3n) is 2.69. The molecule has 0 aliphatic carbocycles. The van der Waals surface area contributed by atoms with Gasteiger partial charge >= 0.3 is 0 Å². The van der Waals surface area contributed by atoms with Crippen molar-refractivity contribution in [2.24, 2.45) is 0 Å². The van der Waals surface area contributed by atoms with Crippen LogP contribution in [-0.4, -0.2) is 8.42 Å². The van der Waals surface area contributed by atoms with Gasteiger partial charge in [0.1, 0.15) is 5.82 Å². The summed E-state index contributed by atoms with van der Waals surface area (Å²) in [5, 5.41) is 0. The third-order valence-corrected chi connectivity index (χ3v) is 4.93. The lowest BCUT2D eigenvalue weighted by atomic mass is 10.2. The van der Waals surface area contributed by atoms with Crippen LogP contribution in [0.25, 0.3) is 0 Å². The normalized spacial score (nSPS) is 11.3. The highest BCUT2D eigenvalue weighted by Crippen LogP contribution is 2.25. The highest BCUT2D eigenvalue weighted by atomic mass is 79.9. The molecule has 0 unspecified atom stereocenters. The second kappa shape index (κ2) is 5.41. The van der Waals surface area contributed by atoms with Gasteiger partial charge in [-0.15, -0.1) is 0 Å². The van der Waals surface area contributed by atoms with E-state index in [0.29, 0.717) is 21.4 Å². The summed E-state index contributed by atoms with van der Waals surface area (Å²) < 4.78 is 40.7. The lowest BCUT2D eigenvalue weighted by Crippen LogP contribution is -2.14. The topological polar surface area (TPSA) is 72.2 Å². The molecule has 0 radical (unpaired) electrons. The summed E-state index contributed by atoms with van der Waals surface area (Å²) in [6.07, 6.45) is 0. The Bertz CT molecular complexity index is 763. The summed E-state index contributed by atoms with van der Waals surface area (Å²) in [6, 6.07) is 8.29. The van der Waals surface area contributed by atoms with Crippen molar-refractivity contribution in [3.8, 4) is 0 Å². The molecule has 3 N–H and O–H groups in total. The smallest absolute Gasteiger partial charge is 0.262 e. The van der Waals surface area contributed by atoms with Crippen molar-refractivity contribution in [3.63, 3.8) is 0 Å². The Labute approximate surface area is 125 Å². The lowest BCUT2D eigenvalue weighted by molar-refractivity contribution is 0.594. The maximum Gasteiger partial charge on any atom is 0.262 e. The summed E-state index contributed by atoms with van der Waals surface area (Å²) in [4.78, 5) is -0.0982. The number of halogens is 2. The molecule has 106 valence electrons. The van der Waals surface area contributed by atoms with Crippen LogP contribution < -0.4 is 10.5 Å². The Kier molecular flexibility index (Phi) is 4.01. The molecular weight excluding hydrogens is 347 g/mol. The van der Waals surface area contributed by atoms with Crippen molar-refractivity contribution in [3.05, 3.63) is 52.3 Å². The van der Waals surface area contributed by atoms with E-state index >= 15 is 0 Å². The molecule has 0 bridgehead atoms. The molecule has 7 heteroatoms. The molecule has 0 aliphatic rings. The zero-order valence-electron chi connectivity index (χ0n) is 10.5. The summed E-state index contributed by atoms with van der Waals surface area (Å²) >= 11 is 3.22. The first-order valence-corrected chi connectivity index (χ1v) is 7.91. The van der Waals surface area contributed by atoms with Crippen LogP contribution >= 0.6 is 15.9 Å². The molecule has 2 rings (SSSR count). The fraction of sp³-hybridized carbons (Fsp3) is 0.0769. The van der Waals surface area contributed by atoms with E-state index in [4.69, 9.17) is 5.73 Å². The van der Waals surface area contributed by atoms with Gasteiger partial charge in [0, 0.05) is 10.2 Å². The van der Waals surface area contributed by atoms with E-state index < -0.39 is 15.8 Å². The SMILES string of the molecule is Cc1ccc(F)cc1S(=O)(=O)Nc1ccc(Br)c(N)c1. The number of sulfonamides is 1. The first-order valence-electron chi connectivity index (χ1n) is 5.63. The minimum Gasteiger partial charge on any atom is -0.398 e. The number of hydrogen-bond acceptors (Lipinski definition) is 3. The van der Waals surface area contributed by atoms with Gasteiger partial charge in [-0.05, 0) is 58.7 Å². The van der Waals surface area contributed by atoms with Gasteiger partial charge in [0.05, 0.1) is 10.6 Å². The molecule has 0 aliphatic heterocycles. The van der Waals surface area contributed by atoms with Gasteiger partial charge < -0.3 is 5.73 Å². The molecule has 0 spiro atoms. The molecule has 0 saturated carbocycles. The summed E-state index contributed by atoms with van der Waals surface area (Å²) in [6.45, 7) is 1.60. The predicted molar refractivity (Wildman–Crippen MR) is 80.5 cm³/mol. The minimum absolute atomic E-state index is 0.0982. The Hall–Kier alpha value is -1.60. The molecule has 0 saturated heterocycles. The molecule has 2 aromatic rings. The van der Waals surface area contributed by atoms with Gasteiger partial charge in [-0.2, -0.15) is 0 Å². The zero-order valence-corrected chi connectivity index (χ0v) is 12.9. The van der Waals surface area contributed by atoms with Crippen LogP contribution in [0.1, 0.15) is 5.56 Å². The molecule has 0 atom stereocenters. The van der Waals surface area contributed by atoms with Gasteiger partial charge in [0.25, 0.3) is 10.0 Å². The van der Waals surface area contributed by atoms with Crippen LogP contribution in [0.15, 0.2) is 45.8 Å². The van der Waals surface area contributed by atoms with E-state index in [0.717, 1.165) is 6.07 Å². The molecule has 0 fully saturated rings. The zero-order chi connectivity index (χ0) is 14.9. The fourth-order valence-electron chi connectivity index (χ4n) is 1.68. The van der Waals surface area contributed by atoms with Crippen LogP contribution in [0.4, 0.5) is 15.8 Å². The third kappa shape index (κ3) is 3.10. The molecular formula is C13H12BrFN2O2S. The highest BCUT2D eigenvalue weighted by Gasteiger charge is 2.18. The number of nitrogen functional groups attached to an aromatic ring is 1. The van der Waals surface area contributed by atoms with E-state index in [2.05, 4.69) is 20.7 Å². The van der Waals surface area contributed by atoms with E-state index in [-0.39, 0.29) is 4.90 Å². The monoisotopic (exact) mass is 358 g/mol. The van der Waals surface area contributed by atoms with Gasteiger partial charge in [0.2, 0.25) is 0 Å². The first kappa shape index (κ1) is 14.8. The fourth-order valence-corrected chi connectivity index (χ4v) is 3.23. The number of nitrogens with two attached hydrogens (primary N) is 1. The maximum absolute atomic E-state index is 13.2. The van der Waals surface area contributed by atoms with E-state index in [1.165, 1.54) is 18.2 Å². The number of benzene rings is 2. The van der Waals surface area contributed by atoms with Gasteiger partial charge in [-0.3, -0.25) is 4.72 Å². The average molecular weight is 359 g/mol. The van der Waals surface area contributed by atoms with Crippen molar-refractivity contribution in [1.82, 2.24) is 0 Å². The largest absolute Gasteiger partial charge is 0.398 e. The van der Waals surface area contributed by atoms with E-state index in [1.54, 1.807) is 19.1 Å². The van der Waals surface area contributed by atoms with E-state index in [1.807, 2.05) is 0 Å². The number of rotatable bonds is 3. The molecule has 4 nitrogen and oxygen atoms in total. The van der Waals surface area contributed by atoms with Crippen molar-refractivity contribution in [2.75, 3.05) is 10.5 Å². The van der Waals surface area contributed by atoms with Crippen LogP contribution in [0.3, 0.4) is 0 Å². The van der Waals surface area contributed by atoms with Crippen LogP contribution in [0.2, 0.25) is 0 Å². The number of anilines is 2. The lowest BCUT2D eigenvalue weighted by Gasteiger charge is -2.11. The molecule has 2 aromatic carbocycles. The van der Waals surface area contributed by atoms with Gasteiger partial charge in [-0.25, -0.2) is 12.8 Å². The molecule has 20 heavy (non-hydrogen) atoms. The van der Waals surface area contributed by atoms with Crippen LogP contribution in [-0.2, 0) is 10.0 Å². The Morgan fingerprint density at radius 1 is 1.20 bits per heavy atom. The summed E-state index contributed by atoms with van der Waals surface area (Å²) in [5.74, 6) is -0.605. The maximum atomic E-state index is 13.2. The summed E-state index contributed by atoms with van der Waals surface area (Å²) in [5.41, 5.74) is 6.87. The second-order valence-corrected chi connectivity index (χ2v) is 6.76. The Morgan fingerprint density at radius 2 is 1.90 bits per heavy atom. The molecule has 0 aromatic heterocycles. The summed E-state index contributed by atoms with van der Waals surface area (Å²) in [7, 11) is -3.86. The number of nitrogens with one attached hydrogen (secondary N) is 1. The Balaban J connectivity index is 2.40. The number of aryl methyl sites for hydroxylation is 1. The quantitative estimate of drug-likeness (QED) is 0.827. The van der Waals surface area contributed by atoms with Crippen molar-refractivity contribution >= 4 is 37.3 Å². The minimum atomic E-state index is -3.86. The molecule has 0 heterocycles. The van der Waals surface area contributed by atoms with Gasteiger partial charge in [0.15, 0.2) is 0 Å². The number of hydrogen-bond donors (Lipinski definition) is 2. The van der Waals surface area contributed by atoms with Crippen LogP contribution in [0, 0.1) is 12.7 Å². The van der Waals surface area contributed by atoms with E-state index in [9.17, 15) is 12.8 Å². The predicted octanol–water partition coefficient (Wildman–Crippen LogP) is 3.28. The van der Waals surface area contributed by atoms with Crippen molar-refractivity contribution in [1.29, 1.82) is 0 Å². The average Bonchev–Trinajstić information content (AvgIpc) is 2.36. The Morgan fingerprint density at radius 3 is 2.55 bits per heavy atom. The second-order valence-electron chi connectivity index (χ2n) is 4.25. The van der Waals surface area contributed by atoms with Crippen LogP contribution in [0.5, 0.6) is 0 Å². The van der Waals surface area contributed by atoms with Crippen molar-refractivity contribution < 1.29 is 12.8 Å². The standard InChI is InChI=1S/C13H12BrFN2O2S/c1-8-2-3-9(15)6-13(8)20(18,19)17-10-4-5-11(14)12(16)7-10/h2-7,17H,16H2,1H3. The molecule has 0 amide bonds. The van der Waals surface area contributed by atoms with Gasteiger partial charge in [-0.1, -0.05) is 6.07 Å².